The molecule has 30 heavy (non-hydrogen) atoms. The van der Waals surface area contributed by atoms with Gasteiger partial charge in [0.15, 0.2) is 0 Å². The van der Waals surface area contributed by atoms with Gasteiger partial charge in [0, 0.05) is 25.7 Å². The van der Waals surface area contributed by atoms with Crippen LogP contribution in [0.1, 0.15) is 57.7 Å². The summed E-state index contributed by atoms with van der Waals surface area (Å²) in [6.07, 6.45) is 0.927. The Labute approximate surface area is 172 Å². The van der Waals surface area contributed by atoms with Crippen molar-refractivity contribution in [1.82, 2.24) is 20.0 Å². The van der Waals surface area contributed by atoms with Crippen molar-refractivity contribution < 1.29 is 22.8 Å². The topological polar surface area (TPSA) is 67.2 Å². The van der Waals surface area contributed by atoms with Crippen molar-refractivity contribution in [3.05, 3.63) is 52.8 Å². The smallest absolute Gasteiger partial charge is 0.349 e. The minimum atomic E-state index is -4.58. The number of carbonyl (C=O) groups excluding carboxylic acids is 2. The van der Waals surface area contributed by atoms with Gasteiger partial charge in [-0.2, -0.15) is 18.3 Å². The van der Waals surface area contributed by atoms with Gasteiger partial charge >= 0.3 is 6.18 Å². The molecular weight excluding hydrogens is 397 g/mol. The number of nitrogens with zero attached hydrogens (tertiary/aromatic N) is 3. The summed E-state index contributed by atoms with van der Waals surface area (Å²) in [5.74, 6) is -0.802. The van der Waals surface area contributed by atoms with Gasteiger partial charge in [-0.15, -0.1) is 0 Å². The number of alkyl halides is 3. The minimum absolute atomic E-state index is 0.126. The molecule has 2 aliphatic rings. The average molecular weight is 420 g/mol. The van der Waals surface area contributed by atoms with Gasteiger partial charge in [-0.05, 0) is 44.2 Å². The number of rotatable bonds is 3. The molecule has 0 saturated carbocycles. The third-order valence-corrected chi connectivity index (χ3v) is 5.81. The van der Waals surface area contributed by atoms with Crippen LogP contribution in [0, 0.1) is 0 Å². The Kier molecular flexibility index (Phi) is 5.53. The number of likely N-dealkylation sites (tertiary alicyclic amines) is 1. The highest BCUT2D eigenvalue weighted by molar-refractivity contribution is 5.96. The number of aryl methyl sites for hydroxylation is 1. The molecule has 0 atom stereocenters. The maximum atomic E-state index is 13.2. The number of halogens is 3. The van der Waals surface area contributed by atoms with Crippen molar-refractivity contribution in [2.45, 2.75) is 50.9 Å². The summed E-state index contributed by atoms with van der Waals surface area (Å²) in [7, 11) is 0. The summed E-state index contributed by atoms with van der Waals surface area (Å²) >= 11 is 0. The average Bonchev–Trinajstić information content (AvgIpc) is 3.17. The third-order valence-electron chi connectivity index (χ3n) is 5.81. The Bertz CT molecular complexity index is 946. The van der Waals surface area contributed by atoms with Gasteiger partial charge in [-0.25, -0.2) is 0 Å². The van der Waals surface area contributed by atoms with E-state index in [4.69, 9.17) is 0 Å². The predicted molar refractivity (Wildman–Crippen MR) is 103 cm³/mol. The molecule has 1 N–H and O–H groups in total. The molecule has 2 aromatic rings. The van der Waals surface area contributed by atoms with Crippen molar-refractivity contribution in [1.29, 1.82) is 0 Å². The summed E-state index contributed by atoms with van der Waals surface area (Å²) in [5.41, 5.74) is 0.290. The molecule has 1 saturated heterocycles. The van der Waals surface area contributed by atoms with Crippen LogP contribution >= 0.6 is 0 Å². The molecule has 9 heteroatoms. The van der Waals surface area contributed by atoms with E-state index in [2.05, 4.69) is 10.4 Å². The number of nitrogens with one attached hydrogen (secondary N) is 1. The number of benzene rings is 1. The van der Waals surface area contributed by atoms with Gasteiger partial charge in [-0.1, -0.05) is 12.1 Å². The Morgan fingerprint density at radius 3 is 2.50 bits per heavy atom. The highest BCUT2D eigenvalue weighted by Gasteiger charge is 2.36. The lowest BCUT2D eigenvalue weighted by Gasteiger charge is -2.33. The molecule has 160 valence electrons. The van der Waals surface area contributed by atoms with Gasteiger partial charge in [0.25, 0.3) is 11.8 Å². The van der Waals surface area contributed by atoms with Gasteiger partial charge in [-0.3, -0.25) is 14.3 Å². The van der Waals surface area contributed by atoms with Crippen LogP contribution in [-0.2, 0) is 19.1 Å². The molecule has 0 bridgehead atoms. The summed E-state index contributed by atoms with van der Waals surface area (Å²) in [6.45, 7) is 1.41. The predicted octanol–water partition coefficient (Wildman–Crippen LogP) is 3.27. The van der Waals surface area contributed by atoms with E-state index in [0.29, 0.717) is 31.5 Å². The lowest BCUT2D eigenvalue weighted by atomic mass is 10.0. The molecule has 0 unspecified atom stereocenters. The third kappa shape index (κ3) is 4.06. The summed E-state index contributed by atoms with van der Waals surface area (Å²) < 4.78 is 41.5. The highest BCUT2D eigenvalue weighted by atomic mass is 19.4. The fourth-order valence-corrected chi connectivity index (χ4v) is 4.19. The number of fused-ring (bicyclic) bond motifs is 1. The molecule has 0 spiro atoms. The number of aromatic nitrogens is 2. The van der Waals surface area contributed by atoms with Gasteiger partial charge < -0.3 is 10.2 Å². The number of amides is 2. The van der Waals surface area contributed by atoms with Crippen molar-refractivity contribution >= 4 is 11.8 Å². The van der Waals surface area contributed by atoms with Crippen LogP contribution in [0.3, 0.4) is 0 Å². The van der Waals surface area contributed by atoms with E-state index in [0.717, 1.165) is 37.6 Å². The number of hydrogen-bond acceptors (Lipinski definition) is 3. The largest absolute Gasteiger partial charge is 0.417 e. The summed E-state index contributed by atoms with van der Waals surface area (Å²) in [5, 5.41) is 7.27. The fraction of sp³-hybridized carbons (Fsp3) is 0.476. The molecule has 2 aliphatic heterocycles. The molecule has 3 heterocycles. The maximum absolute atomic E-state index is 13.2. The fourth-order valence-electron chi connectivity index (χ4n) is 4.19. The second-order valence-electron chi connectivity index (χ2n) is 7.77. The molecule has 0 radical (unpaired) electrons. The quantitative estimate of drug-likeness (QED) is 0.829. The van der Waals surface area contributed by atoms with Crippen LogP contribution in [0.2, 0.25) is 0 Å². The van der Waals surface area contributed by atoms with Gasteiger partial charge in [0.1, 0.15) is 0 Å². The zero-order chi connectivity index (χ0) is 21.3. The van der Waals surface area contributed by atoms with Crippen molar-refractivity contribution in [3.8, 4) is 0 Å². The summed E-state index contributed by atoms with van der Waals surface area (Å²) in [6, 6.07) is 4.71. The Hall–Kier alpha value is -2.84. The first-order valence-electron chi connectivity index (χ1n) is 10.2. The standard InChI is InChI=1S/C21H23F3N4O2/c22-21(23,24)17-6-2-1-5-15(17)20(30)27-11-8-14(9-12-27)26-19(29)16-13-25-28-10-4-3-7-18(16)28/h1-2,5-6,13-14H,3-4,7-12H2,(H,26,29). The van der Waals surface area contributed by atoms with Gasteiger partial charge in [0.05, 0.1) is 28.6 Å². The minimum Gasteiger partial charge on any atom is -0.349 e. The van der Waals surface area contributed by atoms with E-state index in [1.807, 2.05) is 4.68 Å². The van der Waals surface area contributed by atoms with Crippen LogP contribution in [0.5, 0.6) is 0 Å². The molecule has 1 aromatic heterocycles. The highest BCUT2D eigenvalue weighted by Crippen LogP contribution is 2.32. The van der Waals surface area contributed by atoms with Crippen molar-refractivity contribution in [2.75, 3.05) is 13.1 Å². The first kappa shape index (κ1) is 20.4. The monoisotopic (exact) mass is 420 g/mol. The van der Waals surface area contributed by atoms with Crippen LogP contribution in [-0.4, -0.2) is 45.6 Å². The normalized spacial score (nSPS) is 17.5. The maximum Gasteiger partial charge on any atom is 0.417 e. The van der Waals surface area contributed by atoms with Crippen molar-refractivity contribution in [2.24, 2.45) is 0 Å². The zero-order valence-electron chi connectivity index (χ0n) is 16.4. The molecule has 1 fully saturated rings. The molecule has 2 amide bonds. The zero-order valence-corrected chi connectivity index (χ0v) is 16.4. The van der Waals surface area contributed by atoms with Crippen LogP contribution in [0.15, 0.2) is 30.5 Å². The molecule has 6 nitrogen and oxygen atoms in total. The van der Waals surface area contributed by atoms with E-state index < -0.39 is 17.6 Å². The van der Waals surface area contributed by atoms with Crippen LogP contribution in [0.25, 0.3) is 0 Å². The second-order valence-corrected chi connectivity index (χ2v) is 7.77. The van der Waals surface area contributed by atoms with Crippen LogP contribution in [0.4, 0.5) is 13.2 Å². The van der Waals surface area contributed by atoms with Gasteiger partial charge in [0.2, 0.25) is 0 Å². The Morgan fingerprint density at radius 1 is 1.03 bits per heavy atom. The number of piperidine rings is 1. The Morgan fingerprint density at radius 2 is 1.77 bits per heavy atom. The van der Waals surface area contributed by atoms with Crippen molar-refractivity contribution in [3.63, 3.8) is 0 Å². The number of carbonyl (C=O) groups is 2. The second kappa shape index (κ2) is 8.12. The van der Waals surface area contributed by atoms with E-state index in [9.17, 15) is 22.8 Å². The molecule has 0 aliphatic carbocycles. The molecular formula is C21H23F3N4O2. The van der Waals surface area contributed by atoms with E-state index in [-0.39, 0.29) is 17.5 Å². The SMILES string of the molecule is O=C(NC1CCN(C(=O)c2ccccc2C(F)(F)F)CC1)c1cnn2c1CCCC2. The number of hydrogen-bond donors (Lipinski definition) is 1. The van der Waals surface area contributed by atoms with E-state index in [1.54, 1.807) is 6.20 Å². The Balaban J connectivity index is 1.37. The van der Waals surface area contributed by atoms with E-state index in [1.165, 1.54) is 23.1 Å². The van der Waals surface area contributed by atoms with Crippen LogP contribution < -0.4 is 5.32 Å². The van der Waals surface area contributed by atoms with E-state index >= 15 is 0 Å². The summed E-state index contributed by atoms with van der Waals surface area (Å²) in [4.78, 5) is 26.8. The lowest BCUT2D eigenvalue weighted by molar-refractivity contribution is -0.138. The molecule has 1 aromatic carbocycles. The lowest BCUT2D eigenvalue weighted by Crippen LogP contribution is -2.47. The molecule has 4 rings (SSSR count). The first-order valence-corrected chi connectivity index (χ1v) is 10.2. The first-order chi connectivity index (χ1) is 14.3.